The van der Waals surface area contributed by atoms with Crippen LogP contribution in [0.25, 0.3) is 0 Å². The quantitative estimate of drug-likeness (QED) is 0.609. The molecule has 34 heavy (non-hydrogen) atoms. The monoisotopic (exact) mass is 482 g/mol. The molecule has 1 heterocycles. The van der Waals surface area contributed by atoms with Gasteiger partial charge in [-0.1, -0.05) is 48.5 Å². The fraction of sp³-hybridized carbons (Fsp3) is 0.481. The molecule has 1 fully saturated rings. The molecule has 7 heteroatoms. The van der Waals surface area contributed by atoms with Gasteiger partial charge in [-0.3, -0.25) is 4.79 Å². The number of amides is 2. The van der Waals surface area contributed by atoms with Crippen LogP contribution in [0.2, 0.25) is 13.1 Å². The second-order valence-corrected chi connectivity index (χ2v) is 14.4. The third-order valence-corrected chi connectivity index (χ3v) is 7.87. The summed E-state index contributed by atoms with van der Waals surface area (Å²) in [5.74, 6) is 0.559. The van der Waals surface area contributed by atoms with Crippen LogP contribution in [0.1, 0.15) is 56.2 Å². The first-order chi connectivity index (χ1) is 15.9. The first-order valence-corrected chi connectivity index (χ1v) is 15.0. The molecular weight excluding hydrogens is 444 g/mol. The van der Waals surface area contributed by atoms with E-state index in [1.165, 1.54) is 5.56 Å². The van der Waals surface area contributed by atoms with Crippen molar-refractivity contribution in [3.63, 3.8) is 0 Å². The molecular formula is C27H38N2O4Si. The van der Waals surface area contributed by atoms with E-state index in [4.69, 9.17) is 4.74 Å². The van der Waals surface area contributed by atoms with E-state index in [1.807, 2.05) is 75.2 Å². The normalized spacial score (nSPS) is 15.2. The van der Waals surface area contributed by atoms with E-state index in [0.717, 1.165) is 42.2 Å². The molecule has 0 saturated carbocycles. The van der Waals surface area contributed by atoms with Gasteiger partial charge in [0.1, 0.15) is 5.60 Å². The minimum absolute atomic E-state index is 0.155. The maximum Gasteiger partial charge on any atom is 0.407 e. The van der Waals surface area contributed by atoms with Crippen LogP contribution in [0.3, 0.4) is 0 Å². The fourth-order valence-corrected chi connectivity index (χ4v) is 5.21. The molecule has 2 N–H and O–H groups in total. The van der Waals surface area contributed by atoms with Gasteiger partial charge in [-0.2, -0.15) is 0 Å². The Bertz CT molecular complexity index is 985. The van der Waals surface area contributed by atoms with Gasteiger partial charge in [-0.15, -0.1) is 0 Å². The summed E-state index contributed by atoms with van der Waals surface area (Å²) in [4.78, 5) is 37.0. The van der Waals surface area contributed by atoms with Gasteiger partial charge in [-0.25, -0.2) is 4.79 Å². The van der Waals surface area contributed by atoms with Crippen molar-refractivity contribution in [3.05, 3.63) is 65.2 Å². The third kappa shape index (κ3) is 7.70. The SMILES string of the molecule is CC(C)(C)OC(=O)NCc1cccc(C2CCN(C(=O)Cc3ccc([Si](C)(C)O)cc3)CC2)c1. The van der Waals surface area contributed by atoms with Gasteiger partial charge in [0.25, 0.3) is 0 Å². The molecule has 2 amide bonds. The Balaban J connectivity index is 1.50. The van der Waals surface area contributed by atoms with E-state index in [9.17, 15) is 14.4 Å². The lowest BCUT2D eigenvalue weighted by Crippen LogP contribution is -2.41. The molecule has 0 spiro atoms. The second kappa shape index (κ2) is 10.7. The Morgan fingerprint density at radius 3 is 2.29 bits per heavy atom. The van der Waals surface area contributed by atoms with Crippen molar-refractivity contribution in [3.8, 4) is 0 Å². The Morgan fingerprint density at radius 2 is 1.71 bits per heavy atom. The topological polar surface area (TPSA) is 78.9 Å². The van der Waals surface area contributed by atoms with Crippen LogP contribution in [0, 0.1) is 0 Å². The van der Waals surface area contributed by atoms with Crippen LogP contribution in [0.5, 0.6) is 0 Å². The van der Waals surface area contributed by atoms with E-state index in [-0.39, 0.29) is 5.91 Å². The molecule has 1 aliphatic rings. The molecule has 6 nitrogen and oxygen atoms in total. The summed E-state index contributed by atoms with van der Waals surface area (Å²) >= 11 is 0. The minimum atomic E-state index is -2.32. The summed E-state index contributed by atoms with van der Waals surface area (Å²) in [5, 5.41) is 3.80. The molecule has 0 aliphatic carbocycles. The number of alkyl carbamates (subject to hydrolysis) is 1. The molecule has 2 aromatic rings. The van der Waals surface area contributed by atoms with E-state index in [2.05, 4.69) is 17.4 Å². The highest BCUT2D eigenvalue weighted by molar-refractivity contribution is 6.83. The number of piperidine rings is 1. The number of rotatable bonds is 6. The van der Waals surface area contributed by atoms with E-state index < -0.39 is 20.0 Å². The third-order valence-electron chi connectivity index (χ3n) is 6.12. The Hall–Kier alpha value is -2.64. The van der Waals surface area contributed by atoms with Crippen LogP contribution in [0.15, 0.2) is 48.5 Å². The number of nitrogens with one attached hydrogen (secondary N) is 1. The predicted molar refractivity (Wildman–Crippen MR) is 138 cm³/mol. The summed E-state index contributed by atoms with van der Waals surface area (Å²) in [6.07, 6.45) is 1.83. The summed E-state index contributed by atoms with van der Waals surface area (Å²) in [5.41, 5.74) is 2.76. The minimum Gasteiger partial charge on any atom is -0.444 e. The fourth-order valence-electron chi connectivity index (χ4n) is 4.22. The van der Waals surface area contributed by atoms with Gasteiger partial charge < -0.3 is 19.7 Å². The van der Waals surface area contributed by atoms with Crippen molar-refractivity contribution in [1.29, 1.82) is 0 Å². The molecule has 1 aliphatic heterocycles. The van der Waals surface area contributed by atoms with Gasteiger partial charge in [0, 0.05) is 19.6 Å². The highest BCUT2D eigenvalue weighted by Crippen LogP contribution is 2.29. The van der Waals surface area contributed by atoms with Crippen molar-refractivity contribution < 1.29 is 19.1 Å². The lowest BCUT2D eigenvalue weighted by molar-refractivity contribution is -0.131. The van der Waals surface area contributed by atoms with Gasteiger partial charge in [-0.05, 0) is 74.5 Å². The van der Waals surface area contributed by atoms with Crippen molar-refractivity contribution >= 4 is 25.5 Å². The number of hydrogen-bond acceptors (Lipinski definition) is 4. The standard InChI is InChI=1S/C27H38N2O4Si/c1-27(2,3)33-26(31)28-19-21-7-6-8-23(17-21)22-13-15-29(16-14-22)25(30)18-20-9-11-24(12-10-20)34(4,5)32/h6-12,17,22,32H,13-16,18-19H2,1-5H3,(H,28,31). The maximum atomic E-state index is 12.8. The molecule has 0 atom stereocenters. The van der Waals surface area contributed by atoms with Gasteiger partial charge in [0.2, 0.25) is 14.2 Å². The number of likely N-dealkylation sites (tertiary alicyclic amines) is 1. The zero-order valence-electron chi connectivity index (χ0n) is 21.1. The molecule has 0 radical (unpaired) electrons. The van der Waals surface area contributed by atoms with Crippen LogP contribution in [-0.4, -0.2) is 48.7 Å². The highest BCUT2D eigenvalue weighted by Gasteiger charge is 2.25. The molecule has 2 aromatic carbocycles. The predicted octanol–water partition coefficient (Wildman–Crippen LogP) is 4.06. The molecule has 184 valence electrons. The van der Waals surface area contributed by atoms with Crippen LogP contribution in [-0.2, 0) is 22.5 Å². The molecule has 0 unspecified atom stereocenters. The Kier molecular flexibility index (Phi) is 8.20. The number of ether oxygens (including phenoxy) is 1. The Labute approximate surface area is 204 Å². The molecule has 0 aromatic heterocycles. The summed E-state index contributed by atoms with van der Waals surface area (Å²) in [6.45, 7) is 11.2. The number of nitrogens with zero attached hydrogens (tertiary/aromatic N) is 1. The molecule has 0 bridgehead atoms. The van der Waals surface area contributed by atoms with Crippen molar-refractivity contribution in [2.24, 2.45) is 0 Å². The van der Waals surface area contributed by atoms with E-state index in [0.29, 0.717) is 18.9 Å². The van der Waals surface area contributed by atoms with Crippen molar-refractivity contribution in [2.45, 2.75) is 71.2 Å². The number of benzene rings is 2. The lowest BCUT2D eigenvalue weighted by atomic mass is 9.88. The van der Waals surface area contributed by atoms with Crippen LogP contribution >= 0.6 is 0 Å². The van der Waals surface area contributed by atoms with E-state index >= 15 is 0 Å². The maximum absolute atomic E-state index is 12.8. The number of carbonyl (C=O) groups excluding carboxylic acids is 2. The van der Waals surface area contributed by atoms with Crippen molar-refractivity contribution in [2.75, 3.05) is 13.1 Å². The van der Waals surface area contributed by atoms with Gasteiger partial charge in [0.05, 0.1) is 6.42 Å². The smallest absolute Gasteiger partial charge is 0.407 e. The average Bonchev–Trinajstić information content (AvgIpc) is 2.77. The van der Waals surface area contributed by atoms with Crippen LogP contribution in [0.4, 0.5) is 4.79 Å². The van der Waals surface area contributed by atoms with Crippen molar-refractivity contribution in [1.82, 2.24) is 10.2 Å². The average molecular weight is 483 g/mol. The summed E-state index contributed by atoms with van der Waals surface area (Å²) in [7, 11) is -2.32. The largest absolute Gasteiger partial charge is 0.444 e. The number of hydrogen-bond donors (Lipinski definition) is 2. The Morgan fingerprint density at radius 1 is 1.06 bits per heavy atom. The summed E-state index contributed by atoms with van der Waals surface area (Å²) < 4.78 is 5.31. The van der Waals surface area contributed by atoms with Gasteiger partial charge in [0.15, 0.2) is 0 Å². The number of carbonyl (C=O) groups is 2. The zero-order chi connectivity index (χ0) is 24.9. The van der Waals surface area contributed by atoms with E-state index in [1.54, 1.807) is 0 Å². The summed E-state index contributed by atoms with van der Waals surface area (Å²) in [6, 6.07) is 16.1. The van der Waals surface area contributed by atoms with Crippen LogP contribution < -0.4 is 10.5 Å². The lowest BCUT2D eigenvalue weighted by Gasteiger charge is -2.32. The first kappa shape index (κ1) is 26.0. The van der Waals surface area contributed by atoms with Gasteiger partial charge >= 0.3 is 6.09 Å². The molecule has 3 rings (SSSR count). The zero-order valence-corrected chi connectivity index (χ0v) is 22.1. The molecule has 1 saturated heterocycles. The second-order valence-electron chi connectivity index (χ2n) is 10.7. The first-order valence-electron chi connectivity index (χ1n) is 12.1. The highest BCUT2D eigenvalue weighted by atomic mass is 28.4.